The Morgan fingerprint density at radius 3 is 2.45 bits per heavy atom. The van der Waals surface area contributed by atoms with E-state index in [0.29, 0.717) is 11.3 Å². The summed E-state index contributed by atoms with van der Waals surface area (Å²) in [5.74, 6) is -2.56. The summed E-state index contributed by atoms with van der Waals surface area (Å²) in [5.41, 5.74) is 1.04. The molecule has 5 nitrogen and oxygen atoms in total. The first kappa shape index (κ1) is 14.5. The summed E-state index contributed by atoms with van der Waals surface area (Å²) < 4.78 is 0. The number of aliphatic carboxylic acids is 1. The van der Waals surface area contributed by atoms with Crippen LogP contribution in [0.2, 0.25) is 0 Å². The number of hydrogen-bond donors (Lipinski definition) is 2. The summed E-state index contributed by atoms with van der Waals surface area (Å²) in [6.07, 6.45) is 4.58. The fourth-order valence-corrected chi connectivity index (χ4v) is 3.56. The van der Waals surface area contributed by atoms with Crippen molar-refractivity contribution in [3.8, 4) is 0 Å². The predicted octanol–water partition coefficient (Wildman–Crippen LogP) is 2.35. The van der Waals surface area contributed by atoms with E-state index in [9.17, 15) is 19.5 Å². The van der Waals surface area contributed by atoms with Crippen molar-refractivity contribution >= 4 is 23.3 Å². The molecule has 2 bridgehead atoms. The second-order valence-corrected chi connectivity index (χ2v) is 5.96. The number of ketones is 1. The lowest BCUT2D eigenvalue weighted by Crippen LogP contribution is -2.36. The van der Waals surface area contributed by atoms with E-state index in [4.69, 9.17) is 0 Å². The summed E-state index contributed by atoms with van der Waals surface area (Å²) in [7, 11) is 0. The van der Waals surface area contributed by atoms with Crippen molar-refractivity contribution in [2.75, 3.05) is 5.32 Å². The minimum Gasteiger partial charge on any atom is -0.481 e. The molecule has 114 valence electrons. The van der Waals surface area contributed by atoms with Gasteiger partial charge in [-0.05, 0) is 37.3 Å². The molecule has 0 aliphatic heterocycles. The van der Waals surface area contributed by atoms with Gasteiger partial charge in [-0.1, -0.05) is 24.3 Å². The first-order valence-corrected chi connectivity index (χ1v) is 7.30. The van der Waals surface area contributed by atoms with E-state index in [1.165, 1.54) is 6.92 Å². The molecule has 0 heterocycles. The fraction of sp³-hybridized carbons (Fsp3) is 0.353. The highest BCUT2D eigenvalue weighted by Gasteiger charge is 2.51. The van der Waals surface area contributed by atoms with Crippen molar-refractivity contribution in [2.45, 2.75) is 13.3 Å². The fourth-order valence-electron chi connectivity index (χ4n) is 3.56. The smallest absolute Gasteiger partial charge is 0.307 e. The Morgan fingerprint density at radius 1 is 1.14 bits per heavy atom. The zero-order valence-electron chi connectivity index (χ0n) is 12.2. The van der Waals surface area contributed by atoms with E-state index in [1.807, 2.05) is 12.2 Å². The Balaban J connectivity index is 1.80. The van der Waals surface area contributed by atoms with Crippen LogP contribution in [0.5, 0.6) is 0 Å². The summed E-state index contributed by atoms with van der Waals surface area (Å²) in [6, 6.07) is 6.68. The molecule has 0 unspecified atom stereocenters. The molecule has 2 aliphatic rings. The number of nitrogens with one attached hydrogen (secondary N) is 1. The van der Waals surface area contributed by atoms with Crippen molar-refractivity contribution in [1.29, 1.82) is 0 Å². The number of carbonyl (C=O) groups is 3. The standard InChI is InChI=1S/C17H17NO4/c1-9(19)10-3-2-4-13(8-10)18-16(20)14-11-5-6-12(7-11)15(14)17(21)22/h2-6,8,11-12,14-15H,7H2,1H3,(H,18,20)(H,21,22)/t11-,12+,14+,15+/m1/s1. The average molecular weight is 299 g/mol. The van der Waals surface area contributed by atoms with Gasteiger partial charge in [0.05, 0.1) is 11.8 Å². The van der Waals surface area contributed by atoms with Crippen molar-refractivity contribution in [1.82, 2.24) is 0 Å². The van der Waals surface area contributed by atoms with Crippen LogP contribution in [0.3, 0.4) is 0 Å². The quantitative estimate of drug-likeness (QED) is 0.660. The minimum atomic E-state index is -0.922. The Labute approximate surface area is 128 Å². The summed E-state index contributed by atoms with van der Waals surface area (Å²) in [4.78, 5) is 35.3. The van der Waals surface area contributed by atoms with E-state index < -0.39 is 17.8 Å². The Bertz CT molecular complexity index is 679. The molecule has 1 fully saturated rings. The van der Waals surface area contributed by atoms with Crippen LogP contribution in [0.15, 0.2) is 36.4 Å². The number of hydrogen-bond acceptors (Lipinski definition) is 3. The maximum Gasteiger partial charge on any atom is 0.307 e. The molecule has 2 N–H and O–H groups in total. The molecule has 1 aromatic rings. The lowest BCUT2D eigenvalue weighted by atomic mass is 9.82. The van der Waals surface area contributed by atoms with Gasteiger partial charge >= 0.3 is 5.97 Å². The number of rotatable bonds is 4. The highest BCUT2D eigenvalue weighted by Crippen LogP contribution is 2.48. The van der Waals surface area contributed by atoms with Crippen LogP contribution < -0.4 is 5.32 Å². The summed E-state index contributed by atoms with van der Waals surface area (Å²) in [6.45, 7) is 1.46. The van der Waals surface area contributed by atoms with E-state index in [2.05, 4.69) is 5.32 Å². The van der Waals surface area contributed by atoms with Crippen LogP contribution in [0, 0.1) is 23.7 Å². The van der Waals surface area contributed by atoms with E-state index in [0.717, 1.165) is 6.42 Å². The van der Waals surface area contributed by atoms with Gasteiger partial charge in [0.25, 0.3) is 0 Å². The highest BCUT2D eigenvalue weighted by molar-refractivity contribution is 5.99. The topological polar surface area (TPSA) is 83.5 Å². The molecule has 0 radical (unpaired) electrons. The molecule has 3 rings (SSSR count). The second kappa shape index (κ2) is 5.40. The third-order valence-corrected chi connectivity index (χ3v) is 4.58. The number of allylic oxidation sites excluding steroid dienone is 2. The van der Waals surface area contributed by atoms with Gasteiger partial charge in [0.2, 0.25) is 5.91 Å². The summed E-state index contributed by atoms with van der Waals surface area (Å²) >= 11 is 0. The maximum atomic E-state index is 12.5. The Morgan fingerprint density at radius 2 is 1.82 bits per heavy atom. The number of carboxylic acid groups (broad SMARTS) is 1. The maximum absolute atomic E-state index is 12.5. The highest BCUT2D eigenvalue weighted by atomic mass is 16.4. The number of amides is 1. The lowest BCUT2D eigenvalue weighted by molar-refractivity contribution is -0.146. The first-order chi connectivity index (χ1) is 10.5. The zero-order chi connectivity index (χ0) is 15.9. The SMILES string of the molecule is CC(=O)c1cccc(NC(=O)[C@@H]2[C@@H](C(=O)O)[C@H]3C=C[C@@H]2C3)c1. The van der Waals surface area contributed by atoms with Crippen molar-refractivity contribution in [3.05, 3.63) is 42.0 Å². The molecule has 22 heavy (non-hydrogen) atoms. The van der Waals surface area contributed by atoms with Gasteiger partial charge < -0.3 is 10.4 Å². The number of Topliss-reactive ketones (excluding diaryl/α,β-unsaturated/α-hetero) is 1. The molecule has 0 saturated heterocycles. The van der Waals surface area contributed by atoms with Crippen molar-refractivity contribution in [2.24, 2.45) is 23.7 Å². The molecule has 2 aliphatic carbocycles. The normalized spacial score (nSPS) is 28.6. The molecule has 0 spiro atoms. The number of benzene rings is 1. The summed E-state index contributed by atoms with van der Waals surface area (Å²) in [5, 5.41) is 12.1. The minimum absolute atomic E-state index is 0.0120. The van der Waals surface area contributed by atoms with E-state index in [-0.39, 0.29) is 23.5 Å². The van der Waals surface area contributed by atoms with Gasteiger partial charge in [0.15, 0.2) is 5.78 Å². The van der Waals surface area contributed by atoms with Crippen LogP contribution in [0.25, 0.3) is 0 Å². The monoisotopic (exact) mass is 299 g/mol. The lowest BCUT2D eigenvalue weighted by Gasteiger charge is -2.23. The van der Waals surface area contributed by atoms with Crippen molar-refractivity contribution < 1.29 is 19.5 Å². The zero-order valence-corrected chi connectivity index (χ0v) is 12.2. The van der Waals surface area contributed by atoms with Gasteiger partial charge in [-0.2, -0.15) is 0 Å². The van der Waals surface area contributed by atoms with E-state index >= 15 is 0 Å². The predicted molar refractivity (Wildman–Crippen MR) is 80.4 cm³/mol. The van der Waals surface area contributed by atoms with Crippen LogP contribution in [0.4, 0.5) is 5.69 Å². The second-order valence-electron chi connectivity index (χ2n) is 5.96. The van der Waals surface area contributed by atoms with Gasteiger partial charge in [-0.25, -0.2) is 0 Å². The number of carbonyl (C=O) groups excluding carboxylic acids is 2. The number of fused-ring (bicyclic) bond motifs is 2. The molecule has 5 heteroatoms. The number of anilines is 1. The van der Waals surface area contributed by atoms with Gasteiger partial charge in [0, 0.05) is 11.3 Å². The van der Waals surface area contributed by atoms with Crippen LogP contribution in [-0.4, -0.2) is 22.8 Å². The Hall–Kier alpha value is -2.43. The largest absolute Gasteiger partial charge is 0.481 e. The van der Waals surface area contributed by atoms with Gasteiger partial charge in [0.1, 0.15) is 0 Å². The average Bonchev–Trinajstić information content (AvgIpc) is 3.07. The third kappa shape index (κ3) is 2.43. The third-order valence-electron chi connectivity index (χ3n) is 4.58. The van der Waals surface area contributed by atoms with Crippen molar-refractivity contribution in [3.63, 3.8) is 0 Å². The first-order valence-electron chi connectivity index (χ1n) is 7.30. The van der Waals surface area contributed by atoms with Crippen LogP contribution >= 0.6 is 0 Å². The molecule has 1 saturated carbocycles. The molecule has 1 aromatic carbocycles. The molecular weight excluding hydrogens is 282 g/mol. The van der Waals surface area contributed by atoms with E-state index in [1.54, 1.807) is 24.3 Å². The van der Waals surface area contributed by atoms with Crippen LogP contribution in [0.1, 0.15) is 23.7 Å². The molecular formula is C17H17NO4. The van der Waals surface area contributed by atoms with Crippen LogP contribution in [-0.2, 0) is 9.59 Å². The van der Waals surface area contributed by atoms with Gasteiger partial charge in [-0.3, -0.25) is 14.4 Å². The molecule has 4 atom stereocenters. The number of carboxylic acids is 1. The Kier molecular flexibility index (Phi) is 3.56. The van der Waals surface area contributed by atoms with Gasteiger partial charge in [-0.15, -0.1) is 0 Å². The molecule has 0 aromatic heterocycles. The molecule has 1 amide bonds.